The zero-order valence-electron chi connectivity index (χ0n) is 15.2. The Morgan fingerprint density at radius 3 is 2.60 bits per heavy atom. The molecule has 1 unspecified atom stereocenters. The average molecular weight is 369 g/mol. The van der Waals surface area contributed by atoms with Crippen LogP contribution in [0.25, 0.3) is 0 Å². The molecule has 0 aliphatic heterocycles. The second-order valence-electron chi connectivity index (χ2n) is 6.13. The van der Waals surface area contributed by atoms with Crippen molar-refractivity contribution in [3.63, 3.8) is 0 Å². The van der Waals surface area contributed by atoms with E-state index < -0.39 is 6.09 Å². The van der Waals surface area contributed by atoms with E-state index in [4.69, 9.17) is 4.74 Å². The molecule has 0 aromatic carbocycles. The second-order valence-corrected chi connectivity index (χ2v) is 7.08. The molecule has 8 heteroatoms. The minimum atomic E-state index is -0.493. The van der Waals surface area contributed by atoms with Gasteiger partial charge in [0.05, 0.1) is 18.0 Å². The molecule has 7 nitrogen and oxygen atoms in total. The standard InChI is InChI=1S/C17H27N3O4S/c1-5-24-17(23)19-13(9-12(2)3)10-18-15(21)11-20(4)16(22)14-7-6-8-25-14/h6-8,12-13H,5,9-11H2,1-4H3,(H,18,21)(H,19,23). The molecule has 25 heavy (non-hydrogen) atoms. The smallest absolute Gasteiger partial charge is 0.407 e. The summed E-state index contributed by atoms with van der Waals surface area (Å²) in [4.78, 5) is 37.8. The van der Waals surface area contributed by atoms with E-state index in [2.05, 4.69) is 10.6 Å². The molecule has 1 aromatic rings. The number of thiophene rings is 1. The molecule has 0 fully saturated rings. The number of hydrogen-bond donors (Lipinski definition) is 2. The molecular formula is C17H27N3O4S. The number of carbonyl (C=O) groups excluding carboxylic acids is 3. The van der Waals surface area contributed by atoms with Gasteiger partial charge in [-0.1, -0.05) is 19.9 Å². The lowest BCUT2D eigenvalue weighted by Crippen LogP contribution is -2.47. The lowest BCUT2D eigenvalue weighted by molar-refractivity contribution is -0.121. The molecule has 3 amide bonds. The van der Waals surface area contributed by atoms with E-state index in [9.17, 15) is 14.4 Å². The summed E-state index contributed by atoms with van der Waals surface area (Å²) in [6.45, 7) is 6.35. The maximum absolute atomic E-state index is 12.1. The van der Waals surface area contributed by atoms with Gasteiger partial charge >= 0.3 is 6.09 Å². The van der Waals surface area contributed by atoms with Crippen molar-refractivity contribution in [1.29, 1.82) is 0 Å². The Morgan fingerprint density at radius 2 is 2.04 bits per heavy atom. The van der Waals surface area contributed by atoms with Crippen molar-refractivity contribution in [2.45, 2.75) is 33.2 Å². The van der Waals surface area contributed by atoms with Crippen LogP contribution < -0.4 is 10.6 Å². The summed E-state index contributed by atoms with van der Waals surface area (Å²) >= 11 is 1.34. The Hall–Kier alpha value is -2.09. The van der Waals surface area contributed by atoms with Crippen LogP contribution in [0.3, 0.4) is 0 Å². The van der Waals surface area contributed by atoms with Crippen LogP contribution in [0, 0.1) is 5.92 Å². The summed E-state index contributed by atoms with van der Waals surface area (Å²) in [5.41, 5.74) is 0. The van der Waals surface area contributed by atoms with Gasteiger partial charge in [-0.15, -0.1) is 11.3 Å². The third-order valence-corrected chi connectivity index (χ3v) is 4.22. The van der Waals surface area contributed by atoms with Crippen LogP contribution in [0.4, 0.5) is 4.79 Å². The Morgan fingerprint density at radius 1 is 1.32 bits per heavy atom. The van der Waals surface area contributed by atoms with Crippen molar-refractivity contribution in [2.24, 2.45) is 5.92 Å². The van der Waals surface area contributed by atoms with Crippen molar-refractivity contribution in [3.8, 4) is 0 Å². The highest BCUT2D eigenvalue weighted by molar-refractivity contribution is 7.12. The minimum absolute atomic E-state index is 0.0372. The minimum Gasteiger partial charge on any atom is -0.450 e. The van der Waals surface area contributed by atoms with Crippen molar-refractivity contribution >= 4 is 29.2 Å². The van der Waals surface area contributed by atoms with E-state index in [1.54, 1.807) is 26.1 Å². The van der Waals surface area contributed by atoms with Gasteiger partial charge in [0.25, 0.3) is 5.91 Å². The lowest BCUT2D eigenvalue weighted by Gasteiger charge is -2.22. The van der Waals surface area contributed by atoms with Gasteiger partial charge in [0.2, 0.25) is 5.91 Å². The van der Waals surface area contributed by atoms with Crippen LogP contribution in [-0.4, -0.2) is 55.6 Å². The van der Waals surface area contributed by atoms with Crippen molar-refractivity contribution in [1.82, 2.24) is 15.5 Å². The molecule has 0 radical (unpaired) electrons. The van der Waals surface area contributed by atoms with E-state index in [0.29, 0.717) is 23.8 Å². The van der Waals surface area contributed by atoms with Gasteiger partial charge in [0, 0.05) is 19.6 Å². The van der Waals surface area contributed by atoms with Crippen LogP contribution in [0.2, 0.25) is 0 Å². The van der Waals surface area contributed by atoms with Gasteiger partial charge < -0.3 is 20.3 Å². The number of nitrogens with zero attached hydrogens (tertiary/aromatic N) is 1. The van der Waals surface area contributed by atoms with Gasteiger partial charge in [-0.05, 0) is 30.7 Å². The number of likely N-dealkylation sites (N-methyl/N-ethyl adjacent to an activating group) is 1. The van der Waals surface area contributed by atoms with E-state index in [1.807, 2.05) is 19.2 Å². The van der Waals surface area contributed by atoms with E-state index in [0.717, 1.165) is 0 Å². The second kappa shape index (κ2) is 10.7. The Bertz CT molecular complexity index is 560. The number of hydrogen-bond acceptors (Lipinski definition) is 5. The van der Waals surface area contributed by atoms with E-state index >= 15 is 0 Å². The Balaban J connectivity index is 2.47. The highest BCUT2D eigenvalue weighted by atomic mass is 32.1. The molecule has 1 atom stereocenters. The molecule has 0 bridgehead atoms. The largest absolute Gasteiger partial charge is 0.450 e. The molecule has 1 aromatic heterocycles. The predicted octanol–water partition coefficient (Wildman–Crippen LogP) is 2.10. The van der Waals surface area contributed by atoms with Crippen LogP contribution in [0.5, 0.6) is 0 Å². The molecule has 0 saturated carbocycles. The monoisotopic (exact) mass is 369 g/mol. The summed E-state index contributed by atoms with van der Waals surface area (Å²) < 4.78 is 4.88. The molecule has 1 rings (SSSR count). The number of nitrogens with one attached hydrogen (secondary N) is 2. The molecule has 0 saturated heterocycles. The zero-order valence-corrected chi connectivity index (χ0v) is 16.0. The number of amides is 3. The molecule has 0 aliphatic carbocycles. The van der Waals surface area contributed by atoms with E-state index in [1.165, 1.54) is 16.2 Å². The van der Waals surface area contributed by atoms with Crippen LogP contribution in [-0.2, 0) is 9.53 Å². The molecular weight excluding hydrogens is 342 g/mol. The van der Waals surface area contributed by atoms with Gasteiger partial charge in [-0.25, -0.2) is 4.79 Å². The van der Waals surface area contributed by atoms with Gasteiger partial charge in [-0.3, -0.25) is 9.59 Å². The van der Waals surface area contributed by atoms with Crippen molar-refractivity contribution < 1.29 is 19.1 Å². The summed E-state index contributed by atoms with van der Waals surface area (Å²) in [5.74, 6) is -0.104. The van der Waals surface area contributed by atoms with Crippen LogP contribution in [0.15, 0.2) is 17.5 Å². The molecule has 140 valence electrons. The first-order valence-corrected chi connectivity index (χ1v) is 9.20. The average Bonchev–Trinajstić information content (AvgIpc) is 3.05. The van der Waals surface area contributed by atoms with Gasteiger partial charge in [-0.2, -0.15) is 0 Å². The normalized spacial score (nSPS) is 11.7. The molecule has 0 spiro atoms. The summed E-state index contributed by atoms with van der Waals surface area (Å²) in [5, 5.41) is 7.33. The predicted molar refractivity (Wildman–Crippen MR) is 97.7 cm³/mol. The lowest BCUT2D eigenvalue weighted by atomic mass is 10.0. The topological polar surface area (TPSA) is 87.7 Å². The Kier molecular flexibility index (Phi) is 8.98. The zero-order chi connectivity index (χ0) is 18.8. The van der Waals surface area contributed by atoms with Crippen LogP contribution >= 0.6 is 11.3 Å². The number of carbonyl (C=O) groups is 3. The van der Waals surface area contributed by atoms with E-state index in [-0.39, 0.29) is 30.9 Å². The fraction of sp³-hybridized carbons (Fsp3) is 0.588. The number of ether oxygens (including phenoxy) is 1. The maximum atomic E-state index is 12.1. The third kappa shape index (κ3) is 8.02. The molecule has 1 heterocycles. The SMILES string of the molecule is CCOC(=O)NC(CNC(=O)CN(C)C(=O)c1cccs1)CC(C)C. The van der Waals surface area contributed by atoms with Crippen molar-refractivity contribution in [3.05, 3.63) is 22.4 Å². The highest BCUT2D eigenvalue weighted by Crippen LogP contribution is 2.10. The summed E-state index contributed by atoms with van der Waals surface area (Å²) in [7, 11) is 1.59. The highest BCUT2D eigenvalue weighted by Gasteiger charge is 2.18. The van der Waals surface area contributed by atoms with Gasteiger partial charge in [0.15, 0.2) is 0 Å². The fourth-order valence-corrected chi connectivity index (χ4v) is 2.99. The van der Waals surface area contributed by atoms with Crippen LogP contribution in [0.1, 0.15) is 36.9 Å². The molecule has 2 N–H and O–H groups in total. The number of alkyl carbamates (subject to hydrolysis) is 1. The summed E-state index contributed by atoms with van der Waals surface area (Å²) in [6, 6.07) is 3.30. The maximum Gasteiger partial charge on any atom is 0.407 e. The number of rotatable bonds is 9. The first kappa shape index (κ1) is 21.0. The summed E-state index contributed by atoms with van der Waals surface area (Å²) in [6.07, 6.45) is 0.218. The molecule has 0 aliphatic rings. The van der Waals surface area contributed by atoms with Crippen molar-refractivity contribution in [2.75, 3.05) is 26.7 Å². The van der Waals surface area contributed by atoms with Gasteiger partial charge in [0.1, 0.15) is 0 Å². The third-order valence-electron chi connectivity index (χ3n) is 3.36. The first-order valence-electron chi connectivity index (χ1n) is 8.32. The first-order chi connectivity index (χ1) is 11.8. The fourth-order valence-electron chi connectivity index (χ4n) is 2.27. The quantitative estimate of drug-likeness (QED) is 0.698. The Labute approximate surface area is 152 Å².